The minimum atomic E-state index is -4.86. The van der Waals surface area contributed by atoms with E-state index in [-0.39, 0.29) is 11.1 Å². The molecule has 1 aliphatic rings. The molecule has 0 bridgehead atoms. The van der Waals surface area contributed by atoms with Gasteiger partial charge in [0.25, 0.3) is 0 Å². The third-order valence-corrected chi connectivity index (χ3v) is 5.01. The summed E-state index contributed by atoms with van der Waals surface area (Å²) in [7, 11) is 0. The van der Waals surface area contributed by atoms with Gasteiger partial charge in [-0.1, -0.05) is 12.1 Å². The van der Waals surface area contributed by atoms with Gasteiger partial charge < -0.3 is 20.5 Å². The van der Waals surface area contributed by atoms with E-state index in [9.17, 15) is 36.2 Å². The van der Waals surface area contributed by atoms with Crippen LogP contribution in [0.1, 0.15) is 36.4 Å². The molecule has 11 heteroatoms. The van der Waals surface area contributed by atoms with Gasteiger partial charge in [0, 0.05) is 6.07 Å². The number of aliphatic hydroxyl groups excluding tert-OH is 1. The lowest BCUT2D eigenvalue weighted by molar-refractivity contribution is -0.253. The molecule has 3 rings (SSSR count). The van der Waals surface area contributed by atoms with Crippen LogP contribution in [0.4, 0.5) is 31.1 Å². The molecular weight excluding hydrogens is 442 g/mol. The molecule has 2 aromatic rings. The van der Waals surface area contributed by atoms with Gasteiger partial charge in [-0.2, -0.15) is 17.6 Å². The molecule has 174 valence electrons. The fraction of sp³-hybridized carbons (Fsp3) is 0.381. The van der Waals surface area contributed by atoms with E-state index in [1.165, 1.54) is 12.1 Å². The van der Waals surface area contributed by atoms with Gasteiger partial charge in [-0.05, 0) is 54.7 Å². The summed E-state index contributed by atoms with van der Waals surface area (Å²) in [5.74, 6) is -2.56. The van der Waals surface area contributed by atoms with Crippen molar-refractivity contribution in [3.05, 3.63) is 65.2 Å². The van der Waals surface area contributed by atoms with Gasteiger partial charge in [-0.25, -0.2) is 13.6 Å². The van der Waals surface area contributed by atoms with E-state index in [2.05, 4.69) is 15.4 Å². The van der Waals surface area contributed by atoms with Crippen LogP contribution in [0, 0.1) is 11.6 Å². The topological polar surface area (TPSA) is 70.6 Å². The summed E-state index contributed by atoms with van der Waals surface area (Å²) in [6.07, 6.45) is -8.00. The molecule has 3 N–H and O–H groups in total. The van der Waals surface area contributed by atoms with Crippen LogP contribution in [-0.2, 0) is 0 Å². The zero-order valence-corrected chi connectivity index (χ0v) is 16.5. The average molecular weight is 462 g/mol. The molecule has 0 unspecified atom stereocenters. The molecule has 0 saturated heterocycles. The van der Waals surface area contributed by atoms with Gasteiger partial charge in [0.2, 0.25) is 0 Å². The number of aliphatic hydroxyl groups is 1. The van der Waals surface area contributed by atoms with Gasteiger partial charge in [-0.3, -0.25) is 0 Å². The van der Waals surface area contributed by atoms with E-state index >= 15 is 0 Å². The molecular formula is C21H20F6N2O3. The molecule has 0 radical (unpaired) electrons. The summed E-state index contributed by atoms with van der Waals surface area (Å²) < 4.78 is 83.0. The van der Waals surface area contributed by atoms with Crippen LogP contribution in [0.15, 0.2) is 42.5 Å². The Morgan fingerprint density at radius 1 is 1.03 bits per heavy atom. The van der Waals surface area contributed by atoms with Gasteiger partial charge in [0.1, 0.15) is 17.4 Å². The van der Waals surface area contributed by atoms with Crippen LogP contribution < -0.4 is 15.4 Å². The number of halogens is 6. The van der Waals surface area contributed by atoms with E-state index in [4.69, 9.17) is 0 Å². The summed E-state index contributed by atoms with van der Waals surface area (Å²) in [6.45, 7) is 0. The summed E-state index contributed by atoms with van der Waals surface area (Å²) >= 11 is 0. The fourth-order valence-electron chi connectivity index (χ4n) is 3.48. The summed E-state index contributed by atoms with van der Waals surface area (Å²) in [6, 6.07) is 4.53. The predicted molar refractivity (Wildman–Crippen MR) is 102 cm³/mol. The number of hydrogen-bond donors (Lipinski definition) is 3. The number of ether oxygens (including phenoxy) is 1. The third kappa shape index (κ3) is 5.84. The number of carbonyl (C=O) groups excluding carboxylic acids is 1. The SMILES string of the molecule is O=C(N[C@H](c1ccc(F)cc1)c1cc(F)cc(OC(F)(F)C(F)F)c1)N[C@@H]1CCC[C@H]1O. The Hall–Kier alpha value is -2.95. The first-order valence-corrected chi connectivity index (χ1v) is 9.71. The summed E-state index contributed by atoms with van der Waals surface area (Å²) in [4.78, 5) is 12.5. The lowest BCUT2D eigenvalue weighted by Gasteiger charge is -2.24. The lowest BCUT2D eigenvalue weighted by atomic mass is 9.98. The highest BCUT2D eigenvalue weighted by atomic mass is 19.3. The fourth-order valence-corrected chi connectivity index (χ4v) is 3.48. The predicted octanol–water partition coefficient (Wildman–Crippen LogP) is 4.50. The van der Waals surface area contributed by atoms with Crippen molar-refractivity contribution < 1.29 is 41.0 Å². The lowest BCUT2D eigenvalue weighted by Crippen LogP contribution is -2.46. The van der Waals surface area contributed by atoms with Gasteiger partial charge >= 0.3 is 18.6 Å². The van der Waals surface area contributed by atoms with E-state index in [1.54, 1.807) is 0 Å². The summed E-state index contributed by atoms with van der Waals surface area (Å²) in [5.41, 5.74) is 0.143. The first kappa shape index (κ1) is 23.7. The Kier molecular flexibility index (Phi) is 7.17. The number of amides is 2. The molecule has 32 heavy (non-hydrogen) atoms. The van der Waals surface area contributed by atoms with Crippen LogP contribution >= 0.6 is 0 Å². The molecule has 0 aromatic heterocycles. The maximum Gasteiger partial charge on any atom is 0.461 e. The monoisotopic (exact) mass is 462 g/mol. The van der Waals surface area contributed by atoms with Gasteiger partial charge in [0.15, 0.2) is 0 Å². The first-order valence-electron chi connectivity index (χ1n) is 9.71. The second kappa shape index (κ2) is 9.68. The van der Waals surface area contributed by atoms with Crippen molar-refractivity contribution in [1.82, 2.24) is 10.6 Å². The molecule has 5 nitrogen and oxygen atoms in total. The van der Waals surface area contributed by atoms with Crippen molar-refractivity contribution in [2.75, 3.05) is 0 Å². The van der Waals surface area contributed by atoms with Crippen molar-refractivity contribution in [2.24, 2.45) is 0 Å². The second-order valence-corrected chi connectivity index (χ2v) is 7.39. The molecule has 2 amide bonds. The minimum absolute atomic E-state index is 0.112. The number of carbonyl (C=O) groups is 1. The van der Waals surface area contributed by atoms with Crippen molar-refractivity contribution in [2.45, 2.75) is 50.0 Å². The maximum absolute atomic E-state index is 14.1. The molecule has 1 aliphatic carbocycles. The molecule has 3 atom stereocenters. The highest BCUT2D eigenvalue weighted by Crippen LogP contribution is 2.32. The van der Waals surface area contributed by atoms with Crippen molar-refractivity contribution >= 4 is 6.03 Å². The summed E-state index contributed by atoms with van der Waals surface area (Å²) in [5, 5.41) is 15.0. The van der Waals surface area contributed by atoms with E-state index in [0.29, 0.717) is 25.3 Å². The number of alkyl halides is 4. The van der Waals surface area contributed by atoms with E-state index < -0.39 is 54.1 Å². The molecule has 1 saturated carbocycles. The molecule has 0 heterocycles. The number of benzene rings is 2. The van der Waals surface area contributed by atoms with Gasteiger partial charge in [-0.15, -0.1) is 0 Å². The maximum atomic E-state index is 14.1. The minimum Gasteiger partial charge on any atom is -0.428 e. The highest BCUT2D eigenvalue weighted by Gasteiger charge is 2.44. The quantitative estimate of drug-likeness (QED) is 0.531. The largest absolute Gasteiger partial charge is 0.461 e. The van der Waals surface area contributed by atoms with E-state index in [1.807, 2.05) is 0 Å². The number of hydrogen-bond acceptors (Lipinski definition) is 3. The number of urea groups is 1. The molecule has 0 aliphatic heterocycles. The highest BCUT2D eigenvalue weighted by molar-refractivity contribution is 5.75. The first-order chi connectivity index (χ1) is 15.0. The zero-order valence-electron chi connectivity index (χ0n) is 16.5. The van der Waals surface area contributed by atoms with Gasteiger partial charge in [0.05, 0.1) is 18.2 Å². The van der Waals surface area contributed by atoms with Crippen LogP contribution in [0.2, 0.25) is 0 Å². The van der Waals surface area contributed by atoms with Crippen LogP contribution in [0.25, 0.3) is 0 Å². The Morgan fingerprint density at radius 2 is 1.72 bits per heavy atom. The van der Waals surface area contributed by atoms with Crippen LogP contribution in [0.5, 0.6) is 5.75 Å². The second-order valence-electron chi connectivity index (χ2n) is 7.39. The molecule has 2 aromatic carbocycles. The zero-order chi connectivity index (χ0) is 23.5. The third-order valence-electron chi connectivity index (χ3n) is 5.01. The van der Waals surface area contributed by atoms with Crippen molar-refractivity contribution in [3.8, 4) is 5.75 Å². The Balaban J connectivity index is 1.90. The van der Waals surface area contributed by atoms with Crippen molar-refractivity contribution in [3.63, 3.8) is 0 Å². The Labute approximate surface area is 179 Å². The normalized spacial score (nSPS) is 19.6. The Morgan fingerprint density at radius 3 is 2.31 bits per heavy atom. The van der Waals surface area contributed by atoms with Crippen LogP contribution in [0.3, 0.4) is 0 Å². The number of rotatable bonds is 7. The number of nitrogens with one attached hydrogen (secondary N) is 2. The Bertz CT molecular complexity index is 942. The molecule has 1 fully saturated rings. The smallest absolute Gasteiger partial charge is 0.428 e. The van der Waals surface area contributed by atoms with Crippen molar-refractivity contribution in [1.29, 1.82) is 0 Å². The van der Waals surface area contributed by atoms with E-state index in [0.717, 1.165) is 24.3 Å². The standard InChI is InChI=1S/C21H20F6N2O3/c22-13-6-4-11(5-7-13)18(29-20(31)28-16-2-1-3-17(16)30)12-8-14(23)10-15(9-12)32-21(26,27)19(24)25/h4-10,16-19,30H,1-3H2,(H2,28,29,31)/t16-,17-,18-/m1/s1. The average Bonchev–Trinajstić information content (AvgIpc) is 3.10. The molecule has 0 spiro atoms. The van der Waals surface area contributed by atoms with Crippen LogP contribution in [-0.4, -0.2) is 35.8 Å².